The summed E-state index contributed by atoms with van der Waals surface area (Å²) < 4.78 is 5.57. The maximum Gasteiger partial charge on any atom is 0.124 e. The zero-order valence-electron chi connectivity index (χ0n) is 9.42. The van der Waals surface area contributed by atoms with Crippen LogP contribution in [0.1, 0.15) is 31.0 Å². The van der Waals surface area contributed by atoms with Gasteiger partial charge in [-0.1, -0.05) is 17.7 Å². The Morgan fingerprint density at radius 1 is 1.43 bits per heavy atom. The summed E-state index contributed by atoms with van der Waals surface area (Å²) in [6.45, 7) is 6.96. The quantitative estimate of drug-likeness (QED) is 0.793. The molecule has 1 aromatic carbocycles. The molecule has 0 saturated carbocycles. The Bertz CT molecular complexity index is 296. The summed E-state index contributed by atoms with van der Waals surface area (Å²) in [7, 11) is 1.96. The van der Waals surface area contributed by atoms with Gasteiger partial charge in [-0.15, -0.1) is 0 Å². The van der Waals surface area contributed by atoms with Gasteiger partial charge in [-0.3, -0.25) is 0 Å². The third-order valence-corrected chi connectivity index (χ3v) is 2.36. The number of hydrogen-bond donors (Lipinski definition) is 1. The minimum Gasteiger partial charge on any atom is -0.494 e. The summed E-state index contributed by atoms with van der Waals surface area (Å²) in [5.41, 5.74) is 2.50. The van der Waals surface area contributed by atoms with Crippen molar-refractivity contribution < 1.29 is 4.74 Å². The molecular weight excluding hydrogens is 174 g/mol. The van der Waals surface area contributed by atoms with Gasteiger partial charge >= 0.3 is 0 Å². The first-order chi connectivity index (χ1) is 6.69. The highest BCUT2D eigenvalue weighted by Crippen LogP contribution is 2.25. The Morgan fingerprint density at radius 2 is 2.14 bits per heavy atom. The minimum absolute atomic E-state index is 0.330. The van der Waals surface area contributed by atoms with Crippen molar-refractivity contribution in [2.45, 2.75) is 26.8 Å². The van der Waals surface area contributed by atoms with E-state index in [0.717, 1.165) is 5.75 Å². The van der Waals surface area contributed by atoms with E-state index in [1.807, 2.05) is 20.0 Å². The smallest absolute Gasteiger partial charge is 0.124 e. The molecule has 0 bridgehead atoms. The highest BCUT2D eigenvalue weighted by molar-refractivity contribution is 5.38. The SMILES string of the molecule is CCOc1ccc(C)cc1C(C)NC. The number of benzene rings is 1. The van der Waals surface area contributed by atoms with Crippen molar-refractivity contribution in [1.29, 1.82) is 0 Å². The van der Waals surface area contributed by atoms with E-state index in [2.05, 4.69) is 31.3 Å². The lowest BCUT2D eigenvalue weighted by Gasteiger charge is -2.16. The van der Waals surface area contributed by atoms with E-state index >= 15 is 0 Å². The Balaban J connectivity index is 3.02. The number of aryl methyl sites for hydroxylation is 1. The Kier molecular flexibility index (Phi) is 3.96. The number of rotatable bonds is 4. The van der Waals surface area contributed by atoms with Crippen molar-refractivity contribution in [2.24, 2.45) is 0 Å². The monoisotopic (exact) mass is 193 g/mol. The second-order valence-electron chi connectivity index (χ2n) is 3.48. The molecule has 0 aliphatic carbocycles. The van der Waals surface area contributed by atoms with Crippen molar-refractivity contribution in [3.63, 3.8) is 0 Å². The van der Waals surface area contributed by atoms with Gasteiger partial charge in [0.2, 0.25) is 0 Å². The minimum atomic E-state index is 0.330. The van der Waals surface area contributed by atoms with Crippen LogP contribution in [0.25, 0.3) is 0 Å². The lowest BCUT2D eigenvalue weighted by molar-refractivity contribution is 0.333. The molecule has 0 saturated heterocycles. The summed E-state index contributed by atoms with van der Waals surface area (Å²) in [6, 6.07) is 6.63. The van der Waals surface area contributed by atoms with Crippen LogP contribution in [0.15, 0.2) is 18.2 Å². The molecule has 78 valence electrons. The van der Waals surface area contributed by atoms with Gasteiger partial charge in [-0.2, -0.15) is 0 Å². The number of hydrogen-bond acceptors (Lipinski definition) is 2. The predicted molar refractivity (Wildman–Crippen MR) is 59.8 cm³/mol. The van der Waals surface area contributed by atoms with Gasteiger partial charge in [-0.25, -0.2) is 0 Å². The molecule has 0 aromatic heterocycles. The average molecular weight is 193 g/mol. The average Bonchev–Trinajstić information content (AvgIpc) is 2.20. The van der Waals surface area contributed by atoms with Crippen molar-refractivity contribution in [3.8, 4) is 5.75 Å². The first-order valence-corrected chi connectivity index (χ1v) is 5.09. The lowest BCUT2D eigenvalue weighted by atomic mass is 10.0. The number of nitrogens with one attached hydrogen (secondary N) is 1. The molecule has 1 rings (SSSR count). The van der Waals surface area contributed by atoms with Crippen LogP contribution in [0.5, 0.6) is 5.75 Å². The zero-order valence-corrected chi connectivity index (χ0v) is 9.42. The van der Waals surface area contributed by atoms with Crippen LogP contribution in [-0.2, 0) is 0 Å². The topological polar surface area (TPSA) is 21.3 Å². The summed E-state index contributed by atoms with van der Waals surface area (Å²) in [5.74, 6) is 0.986. The molecule has 1 aromatic rings. The molecule has 14 heavy (non-hydrogen) atoms. The third kappa shape index (κ3) is 2.48. The third-order valence-electron chi connectivity index (χ3n) is 2.36. The molecule has 0 spiro atoms. The molecule has 2 heteroatoms. The predicted octanol–water partition coefficient (Wildman–Crippen LogP) is 2.67. The fourth-order valence-corrected chi connectivity index (χ4v) is 1.45. The van der Waals surface area contributed by atoms with Gasteiger partial charge in [0.05, 0.1) is 6.61 Å². The molecule has 2 nitrogen and oxygen atoms in total. The van der Waals surface area contributed by atoms with E-state index in [1.54, 1.807) is 0 Å². The Hall–Kier alpha value is -1.02. The summed E-state index contributed by atoms with van der Waals surface area (Å²) in [4.78, 5) is 0. The standard InChI is InChI=1S/C12H19NO/c1-5-14-12-7-6-9(2)8-11(12)10(3)13-4/h6-8,10,13H,5H2,1-4H3. The molecule has 0 amide bonds. The zero-order chi connectivity index (χ0) is 10.6. The molecule has 0 heterocycles. The highest BCUT2D eigenvalue weighted by atomic mass is 16.5. The molecule has 1 unspecified atom stereocenters. The van der Waals surface area contributed by atoms with Gasteiger partial charge < -0.3 is 10.1 Å². The van der Waals surface area contributed by atoms with E-state index in [-0.39, 0.29) is 0 Å². The van der Waals surface area contributed by atoms with Crippen molar-refractivity contribution in [1.82, 2.24) is 5.32 Å². The van der Waals surface area contributed by atoms with E-state index in [9.17, 15) is 0 Å². The van der Waals surface area contributed by atoms with Crippen LogP contribution in [0.3, 0.4) is 0 Å². The van der Waals surface area contributed by atoms with E-state index in [0.29, 0.717) is 12.6 Å². The van der Waals surface area contributed by atoms with Crippen LogP contribution < -0.4 is 10.1 Å². The summed E-state index contributed by atoms with van der Waals surface area (Å²) in [6.07, 6.45) is 0. The van der Waals surface area contributed by atoms with Gasteiger partial charge in [0.25, 0.3) is 0 Å². The fourth-order valence-electron chi connectivity index (χ4n) is 1.45. The van der Waals surface area contributed by atoms with Gasteiger partial charge in [-0.05, 0) is 33.9 Å². The van der Waals surface area contributed by atoms with Crippen LogP contribution in [0.4, 0.5) is 0 Å². The summed E-state index contributed by atoms with van der Waals surface area (Å²) in [5, 5.41) is 3.23. The van der Waals surface area contributed by atoms with Crippen molar-refractivity contribution in [3.05, 3.63) is 29.3 Å². The molecule has 0 radical (unpaired) electrons. The molecule has 0 fully saturated rings. The fraction of sp³-hybridized carbons (Fsp3) is 0.500. The second-order valence-corrected chi connectivity index (χ2v) is 3.48. The Morgan fingerprint density at radius 3 is 2.71 bits per heavy atom. The van der Waals surface area contributed by atoms with Crippen LogP contribution in [0, 0.1) is 6.92 Å². The lowest BCUT2D eigenvalue weighted by Crippen LogP contribution is -2.14. The van der Waals surface area contributed by atoms with Gasteiger partial charge in [0.1, 0.15) is 5.75 Å². The van der Waals surface area contributed by atoms with E-state index in [1.165, 1.54) is 11.1 Å². The largest absolute Gasteiger partial charge is 0.494 e. The van der Waals surface area contributed by atoms with Crippen LogP contribution >= 0.6 is 0 Å². The second kappa shape index (κ2) is 5.01. The highest BCUT2D eigenvalue weighted by Gasteiger charge is 2.09. The normalized spacial score (nSPS) is 12.6. The van der Waals surface area contributed by atoms with Crippen molar-refractivity contribution in [2.75, 3.05) is 13.7 Å². The summed E-state index contributed by atoms with van der Waals surface area (Å²) >= 11 is 0. The van der Waals surface area contributed by atoms with Crippen LogP contribution in [0.2, 0.25) is 0 Å². The first kappa shape index (κ1) is 11.1. The molecule has 1 atom stereocenters. The first-order valence-electron chi connectivity index (χ1n) is 5.09. The molecule has 1 N–H and O–H groups in total. The number of ether oxygens (including phenoxy) is 1. The Labute approximate surface area is 86.3 Å². The van der Waals surface area contributed by atoms with Crippen molar-refractivity contribution >= 4 is 0 Å². The molecular formula is C12H19NO. The van der Waals surface area contributed by atoms with Crippen LogP contribution in [-0.4, -0.2) is 13.7 Å². The molecule has 0 aliphatic rings. The van der Waals surface area contributed by atoms with Gasteiger partial charge in [0, 0.05) is 11.6 Å². The maximum atomic E-state index is 5.57. The van der Waals surface area contributed by atoms with Gasteiger partial charge in [0.15, 0.2) is 0 Å². The molecule has 0 aliphatic heterocycles. The maximum absolute atomic E-state index is 5.57. The van der Waals surface area contributed by atoms with E-state index < -0.39 is 0 Å². The van der Waals surface area contributed by atoms with E-state index in [4.69, 9.17) is 4.74 Å².